The monoisotopic (exact) mass is 481 g/mol. The van der Waals surface area contributed by atoms with Crippen molar-refractivity contribution in [2.45, 2.75) is 37.4 Å². The Bertz CT molecular complexity index is 873. The van der Waals surface area contributed by atoms with Crippen LogP contribution in [-0.4, -0.2) is 82.8 Å². The Morgan fingerprint density at radius 1 is 1.00 bits per heavy atom. The number of carboxylic acid groups (broad SMARTS) is 1. The average molecular weight is 482 g/mol. The largest absolute Gasteiger partial charge is 0.508 e. The van der Waals surface area contributed by atoms with Gasteiger partial charge in [-0.25, -0.2) is 4.79 Å². The molecule has 0 aliphatic carbocycles. The van der Waals surface area contributed by atoms with Crippen LogP contribution in [0.5, 0.6) is 5.75 Å². The van der Waals surface area contributed by atoms with Crippen molar-refractivity contribution in [2.24, 2.45) is 22.2 Å². The maximum Gasteiger partial charge on any atom is 0.326 e. The first-order chi connectivity index (χ1) is 16.0. The van der Waals surface area contributed by atoms with Gasteiger partial charge in [0.2, 0.25) is 17.7 Å². The van der Waals surface area contributed by atoms with Gasteiger partial charge in [-0.15, -0.1) is 0 Å². The van der Waals surface area contributed by atoms with Crippen LogP contribution in [0.4, 0.5) is 0 Å². The minimum atomic E-state index is -1.36. The minimum Gasteiger partial charge on any atom is -0.508 e. The number of carbonyl (C=O) groups excluding carboxylic acids is 3. The summed E-state index contributed by atoms with van der Waals surface area (Å²) in [5.41, 5.74) is 16.7. The number of benzene rings is 1. The summed E-state index contributed by atoms with van der Waals surface area (Å²) in [7, 11) is 0. The van der Waals surface area contributed by atoms with Crippen LogP contribution in [0.1, 0.15) is 18.4 Å². The van der Waals surface area contributed by atoms with Gasteiger partial charge in [0.25, 0.3) is 0 Å². The Morgan fingerprint density at radius 3 is 2.21 bits per heavy atom. The molecule has 0 heterocycles. The van der Waals surface area contributed by atoms with Gasteiger partial charge in [0.1, 0.15) is 17.8 Å². The number of hydrogen-bond acceptors (Lipinski definition) is 8. The topological polar surface area (TPSA) is 255 Å². The summed E-state index contributed by atoms with van der Waals surface area (Å²) in [5, 5.41) is 34.8. The van der Waals surface area contributed by atoms with E-state index in [0.717, 1.165) is 0 Å². The van der Waals surface area contributed by atoms with Crippen LogP contribution < -0.4 is 33.2 Å². The van der Waals surface area contributed by atoms with E-state index in [1.165, 1.54) is 24.3 Å². The highest BCUT2D eigenvalue weighted by molar-refractivity contribution is 5.92. The van der Waals surface area contributed by atoms with E-state index in [1.54, 1.807) is 0 Å². The van der Waals surface area contributed by atoms with Crippen LogP contribution in [-0.2, 0) is 25.6 Å². The van der Waals surface area contributed by atoms with Gasteiger partial charge in [0, 0.05) is 13.0 Å². The van der Waals surface area contributed by atoms with Crippen LogP contribution in [0.15, 0.2) is 29.3 Å². The summed E-state index contributed by atoms with van der Waals surface area (Å²) in [6, 6.07) is 2.18. The predicted octanol–water partition coefficient (Wildman–Crippen LogP) is -3.52. The van der Waals surface area contributed by atoms with Gasteiger partial charge in [-0.2, -0.15) is 0 Å². The number of phenols is 1. The number of nitrogens with two attached hydrogens (primary N) is 3. The molecule has 0 saturated carbocycles. The van der Waals surface area contributed by atoms with E-state index in [2.05, 4.69) is 20.9 Å². The molecule has 0 fully saturated rings. The molecular weight excluding hydrogens is 450 g/mol. The van der Waals surface area contributed by atoms with E-state index in [4.69, 9.17) is 17.2 Å². The quantitative estimate of drug-likeness (QED) is 0.0718. The van der Waals surface area contributed by atoms with Gasteiger partial charge in [0.15, 0.2) is 5.96 Å². The Balaban J connectivity index is 2.52. The zero-order chi connectivity index (χ0) is 25.7. The van der Waals surface area contributed by atoms with Gasteiger partial charge in [-0.3, -0.25) is 19.4 Å². The molecular formula is C20H31N7O7. The number of aliphatic hydroxyl groups is 1. The van der Waals surface area contributed by atoms with E-state index in [1.807, 2.05) is 0 Å². The van der Waals surface area contributed by atoms with E-state index >= 15 is 0 Å². The molecule has 1 aromatic rings. The van der Waals surface area contributed by atoms with Gasteiger partial charge in [-0.1, -0.05) is 12.1 Å². The van der Waals surface area contributed by atoms with Crippen molar-refractivity contribution in [3.8, 4) is 5.75 Å². The number of nitrogens with zero attached hydrogens (tertiary/aromatic N) is 1. The molecule has 0 bridgehead atoms. The first kappa shape index (κ1) is 28.1. The number of carbonyl (C=O) groups is 4. The number of aliphatic carboxylic acids is 1. The fourth-order valence-corrected chi connectivity index (χ4v) is 2.73. The Hall–Kier alpha value is -3.91. The lowest BCUT2D eigenvalue weighted by atomic mass is 10.1. The van der Waals surface area contributed by atoms with Crippen molar-refractivity contribution in [1.29, 1.82) is 0 Å². The second-order valence-electron chi connectivity index (χ2n) is 7.35. The summed E-state index contributed by atoms with van der Waals surface area (Å²) < 4.78 is 0. The number of carboxylic acids is 1. The highest BCUT2D eigenvalue weighted by atomic mass is 16.4. The first-order valence-corrected chi connectivity index (χ1v) is 10.3. The third-order valence-corrected chi connectivity index (χ3v) is 4.55. The average Bonchev–Trinajstić information content (AvgIpc) is 2.79. The van der Waals surface area contributed by atoms with Crippen molar-refractivity contribution in [2.75, 3.05) is 19.7 Å². The second kappa shape index (κ2) is 14.3. The van der Waals surface area contributed by atoms with Gasteiger partial charge >= 0.3 is 5.97 Å². The number of amides is 3. The number of aromatic hydroxyl groups is 1. The van der Waals surface area contributed by atoms with Crippen molar-refractivity contribution in [3.05, 3.63) is 29.8 Å². The zero-order valence-electron chi connectivity index (χ0n) is 18.4. The maximum atomic E-state index is 12.2. The SMILES string of the molecule is NC(N)=NCCCC(N)C(=O)NC(CO)C(=O)NCC(=O)NC(Cc1ccc(O)cc1)C(=O)O. The number of aliphatic imine (C=N–C) groups is 1. The van der Waals surface area contributed by atoms with Crippen LogP contribution in [0.25, 0.3) is 0 Å². The molecule has 188 valence electrons. The summed E-state index contributed by atoms with van der Waals surface area (Å²) >= 11 is 0. The molecule has 1 rings (SSSR count). The number of phenolic OH excluding ortho intramolecular Hbond substituents is 1. The van der Waals surface area contributed by atoms with Crippen molar-refractivity contribution in [3.63, 3.8) is 0 Å². The van der Waals surface area contributed by atoms with E-state index in [0.29, 0.717) is 12.0 Å². The molecule has 14 heteroatoms. The molecule has 0 spiro atoms. The number of guanidine groups is 1. The summed E-state index contributed by atoms with van der Waals surface area (Å²) in [6.45, 7) is -1.07. The number of rotatable bonds is 14. The summed E-state index contributed by atoms with van der Waals surface area (Å²) in [4.78, 5) is 51.7. The number of aliphatic hydroxyl groups excluding tert-OH is 1. The molecule has 12 N–H and O–H groups in total. The normalized spacial score (nSPS) is 13.1. The summed E-state index contributed by atoms with van der Waals surface area (Å²) in [5.74, 6) is -3.71. The molecule has 3 atom stereocenters. The van der Waals surface area contributed by atoms with Crippen LogP contribution >= 0.6 is 0 Å². The second-order valence-corrected chi connectivity index (χ2v) is 7.35. The third-order valence-electron chi connectivity index (χ3n) is 4.55. The lowest BCUT2D eigenvalue weighted by Gasteiger charge is -2.19. The molecule has 0 saturated heterocycles. The Morgan fingerprint density at radius 2 is 1.65 bits per heavy atom. The number of hydrogen-bond donors (Lipinski definition) is 9. The Labute approximate surface area is 195 Å². The van der Waals surface area contributed by atoms with Gasteiger partial charge in [-0.05, 0) is 30.5 Å². The molecule has 3 amide bonds. The fourth-order valence-electron chi connectivity index (χ4n) is 2.73. The molecule has 0 radical (unpaired) electrons. The van der Waals surface area contributed by atoms with Crippen molar-refractivity contribution >= 4 is 29.7 Å². The molecule has 1 aromatic carbocycles. The van der Waals surface area contributed by atoms with Crippen molar-refractivity contribution in [1.82, 2.24) is 16.0 Å². The third kappa shape index (κ3) is 10.6. The van der Waals surface area contributed by atoms with Crippen LogP contribution in [0, 0.1) is 0 Å². The predicted molar refractivity (Wildman–Crippen MR) is 121 cm³/mol. The lowest BCUT2D eigenvalue weighted by molar-refractivity contribution is -0.141. The van der Waals surface area contributed by atoms with Gasteiger partial charge < -0.3 is 48.5 Å². The first-order valence-electron chi connectivity index (χ1n) is 10.3. The smallest absolute Gasteiger partial charge is 0.326 e. The highest BCUT2D eigenvalue weighted by Gasteiger charge is 2.25. The Kier molecular flexibility index (Phi) is 11.8. The van der Waals surface area contributed by atoms with Gasteiger partial charge in [0.05, 0.1) is 19.2 Å². The molecule has 14 nitrogen and oxygen atoms in total. The molecule has 0 aromatic heterocycles. The van der Waals surface area contributed by atoms with Crippen molar-refractivity contribution < 1.29 is 34.5 Å². The highest BCUT2D eigenvalue weighted by Crippen LogP contribution is 2.11. The minimum absolute atomic E-state index is 0.0137. The molecule has 0 aliphatic rings. The zero-order valence-corrected chi connectivity index (χ0v) is 18.4. The standard InChI is InChI=1S/C20H31N7O7/c21-13(2-1-7-24-20(22)23)17(31)27-15(10-28)18(32)25-9-16(30)26-14(19(33)34)8-11-3-5-12(29)6-4-11/h3-6,13-15,28-29H,1-2,7-10,21H2,(H,25,32)(H,26,30)(H,27,31)(H,33,34)(H4,22,23,24). The summed E-state index contributed by atoms with van der Waals surface area (Å²) in [6.07, 6.45) is 0.589. The molecule has 34 heavy (non-hydrogen) atoms. The van der Waals surface area contributed by atoms with E-state index in [-0.39, 0.29) is 31.1 Å². The van der Waals surface area contributed by atoms with E-state index < -0.39 is 55.0 Å². The number of nitrogens with one attached hydrogen (secondary N) is 3. The van der Waals surface area contributed by atoms with Crippen LogP contribution in [0.3, 0.4) is 0 Å². The molecule has 0 aliphatic heterocycles. The maximum absolute atomic E-state index is 12.2. The molecule has 3 unspecified atom stereocenters. The lowest BCUT2D eigenvalue weighted by Crippen LogP contribution is -2.55. The van der Waals surface area contributed by atoms with E-state index in [9.17, 15) is 34.5 Å². The fraction of sp³-hybridized carbons (Fsp3) is 0.450. The van der Waals surface area contributed by atoms with Crippen LogP contribution in [0.2, 0.25) is 0 Å².